The topological polar surface area (TPSA) is 29.5 Å². The highest BCUT2D eigenvalue weighted by Gasteiger charge is 2.10. The molecule has 0 amide bonds. The fourth-order valence-electron chi connectivity index (χ4n) is 2.65. The van der Waals surface area contributed by atoms with Crippen molar-refractivity contribution in [3.05, 3.63) is 54.1 Å². The molecule has 3 rings (SSSR count). The van der Waals surface area contributed by atoms with Crippen LogP contribution in [0.15, 0.2) is 48.5 Å². The Labute approximate surface area is 125 Å². The molecular weight excluding hydrogens is 260 g/mol. The molecular formula is C19H20O2. The highest BCUT2D eigenvalue weighted by Crippen LogP contribution is 2.35. The molecule has 2 heteroatoms. The largest absolute Gasteiger partial charge is 0.490 e. The van der Waals surface area contributed by atoms with Crippen molar-refractivity contribution in [3.8, 4) is 5.75 Å². The van der Waals surface area contributed by atoms with Crippen LogP contribution in [0.1, 0.15) is 19.4 Å². The van der Waals surface area contributed by atoms with E-state index >= 15 is 0 Å². The normalized spacial score (nSPS) is 12.7. The first kappa shape index (κ1) is 13.9. The summed E-state index contributed by atoms with van der Waals surface area (Å²) in [6, 6.07) is 16.9. The molecule has 3 aromatic carbocycles. The van der Waals surface area contributed by atoms with Gasteiger partial charge in [0.1, 0.15) is 12.4 Å². The summed E-state index contributed by atoms with van der Waals surface area (Å²) >= 11 is 0. The number of benzene rings is 3. The molecule has 1 unspecified atom stereocenters. The molecule has 0 aliphatic heterocycles. The molecule has 0 aliphatic carbocycles. The van der Waals surface area contributed by atoms with E-state index in [9.17, 15) is 5.11 Å². The van der Waals surface area contributed by atoms with Crippen LogP contribution in [0.5, 0.6) is 5.75 Å². The van der Waals surface area contributed by atoms with Crippen LogP contribution in [0.3, 0.4) is 0 Å². The van der Waals surface area contributed by atoms with Gasteiger partial charge in [-0.1, -0.05) is 43.3 Å². The summed E-state index contributed by atoms with van der Waals surface area (Å²) in [5.74, 6) is 0.874. The van der Waals surface area contributed by atoms with Crippen LogP contribution in [-0.4, -0.2) is 17.8 Å². The van der Waals surface area contributed by atoms with Gasteiger partial charge in [0.05, 0.1) is 6.10 Å². The van der Waals surface area contributed by atoms with E-state index in [1.807, 2.05) is 12.1 Å². The predicted octanol–water partition coefficient (Wildman–Crippen LogP) is 4.32. The first-order valence-electron chi connectivity index (χ1n) is 7.44. The molecule has 0 aliphatic rings. The minimum atomic E-state index is -0.478. The highest BCUT2D eigenvalue weighted by atomic mass is 16.5. The fraction of sp³-hybridized carbons (Fsp3) is 0.263. The van der Waals surface area contributed by atoms with Crippen molar-refractivity contribution in [2.75, 3.05) is 6.61 Å². The van der Waals surface area contributed by atoms with Crippen molar-refractivity contribution >= 4 is 21.5 Å². The molecule has 0 aromatic heterocycles. The SMILES string of the molecule is CCc1ccc2cc3ccccc3c(OCC(C)O)c2c1. The fourth-order valence-corrected chi connectivity index (χ4v) is 2.65. The summed E-state index contributed by atoms with van der Waals surface area (Å²) in [5.41, 5.74) is 1.29. The lowest BCUT2D eigenvalue weighted by atomic mass is 9.99. The van der Waals surface area contributed by atoms with Gasteiger partial charge < -0.3 is 9.84 Å². The van der Waals surface area contributed by atoms with E-state index in [1.165, 1.54) is 10.9 Å². The molecule has 0 heterocycles. The summed E-state index contributed by atoms with van der Waals surface area (Å²) < 4.78 is 5.94. The third-order valence-electron chi connectivity index (χ3n) is 3.76. The molecule has 0 saturated heterocycles. The monoisotopic (exact) mass is 280 g/mol. The molecule has 108 valence electrons. The van der Waals surface area contributed by atoms with Gasteiger partial charge in [0.15, 0.2) is 0 Å². The molecule has 21 heavy (non-hydrogen) atoms. The van der Waals surface area contributed by atoms with E-state index < -0.39 is 6.10 Å². The highest BCUT2D eigenvalue weighted by molar-refractivity contribution is 6.05. The minimum absolute atomic E-state index is 0.305. The molecule has 0 saturated carbocycles. The number of ether oxygens (including phenoxy) is 1. The van der Waals surface area contributed by atoms with Crippen LogP contribution in [0.25, 0.3) is 21.5 Å². The average Bonchev–Trinajstić information content (AvgIpc) is 2.50. The number of aliphatic hydroxyl groups is 1. The van der Waals surface area contributed by atoms with Crippen LogP contribution in [0.4, 0.5) is 0 Å². The molecule has 0 fully saturated rings. The van der Waals surface area contributed by atoms with Gasteiger partial charge in [0.25, 0.3) is 0 Å². The van der Waals surface area contributed by atoms with Crippen LogP contribution in [0, 0.1) is 0 Å². The maximum atomic E-state index is 9.53. The van der Waals surface area contributed by atoms with Gasteiger partial charge >= 0.3 is 0 Å². The van der Waals surface area contributed by atoms with E-state index in [1.54, 1.807) is 6.92 Å². The lowest BCUT2D eigenvalue weighted by Gasteiger charge is -2.15. The number of aryl methyl sites for hydroxylation is 1. The Morgan fingerprint density at radius 3 is 2.52 bits per heavy atom. The van der Waals surface area contributed by atoms with Crippen molar-refractivity contribution < 1.29 is 9.84 Å². The first-order valence-corrected chi connectivity index (χ1v) is 7.44. The quantitative estimate of drug-likeness (QED) is 0.721. The average molecular weight is 280 g/mol. The Balaban J connectivity index is 2.27. The minimum Gasteiger partial charge on any atom is -0.490 e. The van der Waals surface area contributed by atoms with E-state index in [2.05, 4.69) is 43.3 Å². The Kier molecular flexibility index (Phi) is 3.80. The predicted molar refractivity (Wildman–Crippen MR) is 88.0 cm³/mol. The maximum Gasteiger partial charge on any atom is 0.135 e. The van der Waals surface area contributed by atoms with Crippen molar-refractivity contribution in [2.24, 2.45) is 0 Å². The number of rotatable bonds is 4. The van der Waals surface area contributed by atoms with Crippen LogP contribution < -0.4 is 4.74 Å². The second-order valence-corrected chi connectivity index (χ2v) is 5.50. The number of hydrogen-bond donors (Lipinski definition) is 1. The Bertz CT molecular complexity index is 775. The Hall–Kier alpha value is -2.06. The third kappa shape index (κ3) is 2.72. The standard InChI is InChI=1S/C19H20O2/c1-3-14-8-9-16-11-15-6-4-5-7-17(15)19(18(16)10-14)21-12-13(2)20/h4-11,13,20H,3,12H2,1-2H3. The Morgan fingerprint density at radius 1 is 1.00 bits per heavy atom. The van der Waals surface area contributed by atoms with Crippen molar-refractivity contribution in [1.82, 2.24) is 0 Å². The van der Waals surface area contributed by atoms with Gasteiger partial charge in [0, 0.05) is 10.8 Å². The number of fused-ring (bicyclic) bond motifs is 2. The lowest BCUT2D eigenvalue weighted by molar-refractivity contribution is 0.124. The maximum absolute atomic E-state index is 9.53. The zero-order chi connectivity index (χ0) is 14.8. The van der Waals surface area contributed by atoms with Crippen LogP contribution in [0.2, 0.25) is 0 Å². The van der Waals surface area contributed by atoms with Gasteiger partial charge in [-0.2, -0.15) is 0 Å². The second-order valence-electron chi connectivity index (χ2n) is 5.50. The van der Waals surface area contributed by atoms with Gasteiger partial charge in [0.2, 0.25) is 0 Å². The zero-order valence-corrected chi connectivity index (χ0v) is 12.5. The van der Waals surface area contributed by atoms with E-state index in [0.717, 1.165) is 28.3 Å². The van der Waals surface area contributed by atoms with Crippen molar-refractivity contribution in [1.29, 1.82) is 0 Å². The summed E-state index contributed by atoms with van der Waals surface area (Å²) in [7, 11) is 0. The van der Waals surface area contributed by atoms with Gasteiger partial charge in [-0.3, -0.25) is 0 Å². The summed E-state index contributed by atoms with van der Waals surface area (Å²) in [5, 5.41) is 14.1. The molecule has 2 nitrogen and oxygen atoms in total. The van der Waals surface area contributed by atoms with Gasteiger partial charge in [-0.05, 0) is 41.8 Å². The van der Waals surface area contributed by atoms with Crippen LogP contribution >= 0.6 is 0 Å². The van der Waals surface area contributed by atoms with E-state index in [-0.39, 0.29) is 0 Å². The summed E-state index contributed by atoms with van der Waals surface area (Å²) in [4.78, 5) is 0. The van der Waals surface area contributed by atoms with Crippen LogP contribution in [-0.2, 0) is 6.42 Å². The molecule has 0 spiro atoms. The molecule has 1 N–H and O–H groups in total. The third-order valence-corrected chi connectivity index (χ3v) is 3.76. The van der Waals surface area contributed by atoms with Gasteiger partial charge in [-0.15, -0.1) is 0 Å². The molecule has 1 atom stereocenters. The Morgan fingerprint density at radius 2 is 1.76 bits per heavy atom. The molecule has 0 radical (unpaired) electrons. The van der Waals surface area contributed by atoms with Crippen molar-refractivity contribution in [2.45, 2.75) is 26.4 Å². The lowest BCUT2D eigenvalue weighted by Crippen LogP contribution is -2.13. The van der Waals surface area contributed by atoms with E-state index in [0.29, 0.717) is 6.61 Å². The summed E-state index contributed by atoms with van der Waals surface area (Å²) in [6.45, 7) is 4.20. The molecule has 0 bridgehead atoms. The van der Waals surface area contributed by atoms with E-state index in [4.69, 9.17) is 4.74 Å². The zero-order valence-electron chi connectivity index (χ0n) is 12.5. The first-order chi connectivity index (χ1) is 10.2. The number of aliphatic hydroxyl groups excluding tert-OH is 1. The molecule has 3 aromatic rings. The summed E-state index contributed by atoms with van der Waals surface area (Å²) in [6.07, 6.45) is 0.520. The number of hydrogen-bond acceptors (Lipinski definition) is 2. The second kappa shape index (κ2) is 5.74. The van der Waals surface area contributed by atoms with Gasteiger partial charge in [-0.25, -0.2) is 0 Å². The smallest absolute Gasteiger partial charge is 0.135 e. The van der Waals surface area contributed by atoms with Crippen molar-refractivity contribution in [3.63, 3.8) is 0 Å².